The molecule has 1 N–H and O–H groups in total. The van der Waals surface area contributed by atoms with Gasteiger partial charge in [-0.2, -0.15) is 5.10 Å². The molecule has 0 aliphatic heterocycles. The van der Waals surface area contributed by atoms with Crippen LogP contribution in [0.3, 0.4) is 0 Å². The molecular formula is C15H29N3. The summed E-state index contributed by atoms with van der Waals surface area (Å²) in [5, 5.41) is 7.96. The van der Waals surface area contributed by atoms with Gasteiger partial charge in [-0.3, -0.25) is 4.68 Å². The first-order valence-electron chi connectivity index (χ1n) is 7.43. The zero-order valence-corrected chi connectivity index (χ0v) is 12.4. The Morgan fingerprint density at radius 2 is 2.00 bits per heavy atom. The standard InChI is InChI=1S/C15H29N3/c1-5-11-16-15(13(6-2)7-3)9-8-14-10-12-17-18(14)4/h10,12-13,15-16H,5-9,11H2,1-4H3. The van der Waals surface area contributed by atoms with E-state index in [0.29, 0.717) is 6.04 Å². The Bertz CT molecular complexity index is 315. The fraction of sp³-hybridized carbons (Fsp3) is 0.800. The molecule has 0 aromatic carbocycles. The number of nitrogens with one attached hydrogen (secondary N) is 1. The summed E-state index contributed by atoms with van der Waals surface area (Å²) in [7, 11) is 2.03. The molecule has 0 aliphatic carbocycles. The Balaban J connectivity index is 2.52. The van der Waals surface area contributed by atoms with Crippen LogP contribution >= 0.6 is 0 Å². The molecule has 1 heterocycles. The van der Waals surface area contributed by atoms with Crippen LogP contribution in [0.4, 0.5) is 0 Å². The number of hydrogen-bond donors (Lipinski definition) is 1. The molecule has 0 bridgehead atoms. The van der Waals surface area contributed by atoms with Crippen LogP contribution < -0.4 is 5.32 Å². The predicted molar refractivity (Wildman–Crippen MR) is 77.7 cm³/mol. The van der Waals surface area contributed by atoms with Crippen molar-refractivity contribution < 1.29 is 0 Å². The highest BCUT2D eigenvalue weighted by Gasteiger charge is 2.17. The normalized spacial score (nSPS) is 13.2. The van der Waals surface area contributed by atoms with E-state index in [1.807, 2.05) is 17.9 Å². The van der Waals surface area contributed by atoms with Crippen LogP contribution in [0.25, 0.3) is 0 Å². The van der Waals surface area contributed by atoms with E-state index in [0.717, 1.165) is 18.9 Å². The zero-order valence-electron chi connectivity index (χ0n) is 12.4. The van der Waals surface area contributed by atoms with Gasteiger partial charge in [-0.1, -0.05) is 33.6 Å². The SMILES string of the molecule is CCCNC(CCc1ccnn1C)C(CC)CC. The third kappa shape index (κ3) is 4.45. The smallest absolute Gasteiger partial charge is 0.0492 e. The summed E-state index contributed by atoms with van der Waals surface area (Å²) in [6.07, 6.45) is 7.97. The highest BCUT2D eigenvalue weighted by atomic mass is 15.2. The summed E-state index contributed by atoms with van der Waals surface area (Å²) in [4.78, 5) is 0. The molecule has 18 heavy (non-hydrogen) atoms. The van der Waals surface area contributed by atoms with E-state index in [9.17, 15) is 0 Å². The van der Waals surface area contributed by atoms with Crippen LogP contribution in [0.1, 0.15) is 52.1 Å². The lowest BCUT2D eigenvalue weighted by atomic mass is 9.90. The number of hydrogen-bond acceptors (Lipinski definition) is 2. The van der Waals surface area contributed by atoms with E-state index < -0.39 is 0 Å². The van der Waals surface area contributed by atoms with Crippen molar-refractivity contribution in [2.45, 2.75) is 58.9 Å². The molecule has 0 radical (unpaired) electrons. The third-order valence-corrected chi connectivity index (χ3v) is 3.91. The second-order valence-corrected chi connectivity index (χ2v) is 5.12. The summed E-state index contributed by atoms with van der Waals surface area (Å²) >= 11 is 0. The molecule has 3 heteroatoms. The minimum atomic E-state index is 0.648. The van der Waals surface area contributed by atoms with Crippen LogP contribution in [-0.4, -0.2) is 22.4 Å². The minimum absolute atomic E-state index is 0.648. The van der Waals surface area contributed by atoms with Crippen molar-refractivity contribution in [1.82, 2.24) is 15.1 Å². The second kappa shape index (κ2) is 8.30. The quantitative estimate of drug-likeness (QED) is 0.730. The molecule has 1 unspecified atom stereocenters. The van der Waals surface area contributed by atoms with Gasteiger partial charge in [0, 0.05) is 25.0 Å². The van der Waals surface area contributed by atoms with Gasteiger partial charge in [0.15, 0.2) is 0 Å². The number of nitrogens with zero attached hydrogens (tertiary/aromatic N) is 2. The molecule has 0 spiro atoms. The monoisotopic (exact) mass is 251 g/mol. The lowest BCUT2D eigenvalue weighted by Crippen LogP contribution is -2.37. The summed E-state index contributed by atoms with van der Waals surface area (Å²) < 4.78 is 1.99. The molecule has 0 saturated carbocycles. The van der Waals surface area contributed by atoms with Gasteiger partial charge in [-0.15, -0.1) is 0 Å². The number of aryl methyl sites for hydroxylation is 2. The van der Waals surface area contributed by atoms with Crippen LogP contribution in [0.5, 0.6) is 0 Å². The Hall–Kier alpha value is -0.830. The lowest BCUT2D eigenvalue weighted by molar-refractivity contribution is 0.316. The fourth-order valence-electron chi connectivity index (χ4n) is 2.64. The predicted octanol–water partition coefficient (Wildman–Crippen LogP) is 3.16. The number of aromatic nitrogens is 2. The molecule has 104 valence electrons. The molecule has 1 aromatic heterocycles. The average Bonchev–Trinajstić information content (AvgIpc) is 2.79. The maximum atomic E-state index is 4.24. The molecule has 3 nitrogen and oxygen atoms in total. The van der Waals surface area contributed by atoms with Crippen molar-refractivity contribution >= 4 is 0 Å². The minimum Gasteiger partial charge on any atom is -0.314 e. The molecule has 0 saturated heterocycles. The molecule has 0 fully saturated rings. The molecule has 0 amide bonds. The largest absolute Gasteiger partial charge is 0.314 e. The summed E-state index contributed by atoms with van der Waals surface area (Å²) in [6.45, 7) is 7.97. The maximum Gasteiger partial charge on any atom is 0.0492 e. The first kappa shape index (κ1) is 15.2. The summed E-state index contributed by atoms with van der Waals surface area (Å²) in [6, 6.07) is 2.78. The topological polar surface area (TPSA) is 29.9 Å². The van der Waals surface area contributed by atoms with Gasteiger partial charge in [-0.25, -0.2) is 0 Å². The first-order chi connectivity index (χ1) is 8.72. The third-order valence-electron chi connectivity index (χ3n) is 3.91. The van der Waals surface area contributed by atoms with Gasteiger partial charge < -0.3 is 5.32 Å². The van der Waals surface area contributed by atoms with Crippen molar-refractivity contribution in [2.75, 3.05) is 6.54 Å². The molecule has 1 rings (SSSR count). The molecular weight excluding hydrogens is 222 g/mol. The average molecular weight is 251 g/mol. The Morgan fingerprint density at radius 1 is 1.28 bits per heavy atom. The van der Waals surface area contributed by atoms with E-state index in [1.165, 1.54) is 31.4 Å². The van der Waals surface area contributed by atoms with Crippen molar-refractivity contribution in [3.05, 3.63) is 18.0 Å². The summed E-state index contributed by atoms with van der Waals surface area (Å²) in [5.41, 5.74) is 1.34. The van der Waals surface area contributed by atoms with Gasteiger partial charge in [0.25, 0.3) is 0 Å². The van der Waals surface area contributed by atoms with Crippen molar-refractivity contribution in [2.24, 2.45) is 13.0 Å². The summed E-state index contributed by atoms with van der Waals surface area (Å²) in [5.74, 6) is 0.796. The highest BCUT2D eigenvalue weighted by molar-refractivity contribution is 5.00. The fourth-order valence-corrected chi connectivity index (χ4v) is 2.64. The maximum absolute atomic E-state index is 4.24. The van der Waals surface area contributed by atoms with Crippen LogP contribution in [0, 0.1) is 5.92 Å². The Labute approximate surface area is 112 Å². The Kier molecular flexibility index (Phi) is 7.02. The lowest BCUT2D eigenvalue weighted by Gasteiger charge is -2.26. The molecule has 1 aromatic rings. The van der Waals surface area contributed by atoms with Crippen LogP contribution in [0.2, 0.25) is 0 Å². The van der Waals surface area contributed by atoms with E-state index in [1.54, 1.807) is 0 Å². The Morgan fingerprint density at radius 3 is 2.50 bits per heavy atom. The molecule has 1 atom stereocenters. The molecule has 0 aliphatic rings. The van der Waals surface area contributed by atoms with Gasteiger partial charge in [0.2, 0.25) is 0 Å². The van der Waals surface area contributed by atoms with Gasteiger partial charge in [-0.05, 0) is 37.8 Å². The van der Waals surface area contributed by atoms with Crippen LogP contribution in [-0.2, 0) is 13.5 Å². The van der Waals surface area contributed by atoms with Gasteiger partial charge in [0.1, 0.15) is 0 Å². The van der Waals surface area contributed by atoms with Gasteiger partial charge >= 0.3 is 0 Å². The van der Waals surface area contributed by atoms with Crippen molar-refractivity contribution in [3.63, 3.8) is 0 Å². The van der Waals surface area contributed by atoms with E-state index in [-0.39, 0.29) is 0 Å². The first-order valence-corrected chi connectivity index (χ1v) is 7.43. The van der Waals surface area contributed by atoms with E-state index in [2.05, 4.69) is 37.3 Å². The van der Waals surface area contributed by atoms with E-state index in [4.69, 9.17) is 0 Å². The van der Waals surface area contributed by atoms with Gasteiger partial charge in [0.05, 0.1) is 0 Å². The zero-order chi connectivity index (χ0) is 13.4. The number of rotatable bonds is 9. The van der Waals surface area contributed by atoms with E-state index >= 15 is 0 Å². The van der Waals surface area contributed by atoms with Crippen molar-refractivity contribution in [3.8, 4) is 0 Å². The second-order valence-electron chi connectivity index (χ2n) is 5.12. The van der Waals surface area contributed by atoms with Crippen molar-refractivity contribution in [1.29, 1.82) is 0 Å². The van der Waals surface area contributed by atoms with Crippen LogP contribution in [0.15, 0.2) is 12.3 Å². The highest BCUT2D eigenvalue weighted by Crippen LogP contribution is 2.18.